The van der Waals surface area contributed by atoms with Crippen LogP contribution < -0.4 is 5.73 Å². The molecule has 4 heteroatoms. The van der Waals surface area contributed by atoms with Gasteiger partial charge in [0.05, 0.1) is 6.04 Å². The Morgan fingerprint density at radius 2 is 1.61 bits per heavy atom. The van der Waals surface area contributed by atoms with E-state index in [1.54, 1.807) is 0 Å². The minimum Gasteiger partial charge on any atom is -0.342 e. The third-order valence-electron chi connectivity index (χ3n) is 3.49. The lowest BCUT2D eigenvalue weighted by Gasteiger charge is -2.27. The molecule has 0 fully saturated rings. The summed E-state index contributed by atoms with van der Waals surface area (Å²) in [5.74, 6) is 0.293. The Balaban J connectivity index is 4.15. The molecule has 0 bridgehead atoms. The molecule has 108 valence electrons. The lowest BCUT2D eigenvalue weighted by atomic mass is 10.0. The van der Waals surface area contributed by atoms with E-state index in [-0.39, 0.29) is 17.9 Å². The lowest BCUT2D eigenvalue weighted by Crippen LogP contribution is -2.47. The fourth-order valence-corrected chi connectivity index (χ4v) is 1.95. The number of likely N-dealkylation sites (N-methyl/N-ethyl adjacent to an activating group) is 1. The summed E-state index contributed by atoms with van der Waals surface area (Å²) in [5.41, 5.74) is 5.92. The Morgan fingerprint density at radius 3 is 2.00 bits per heavy atom. The highest BCUT2D eigenvalue weighted by Gasteiger charge is 2.22. The molecule has 1 unspecified atom stereocenters. The van der Waals surface area contributed by atoms with E-state index in [9.17, 15) is 4.79 Å². The summed E-state index contributed by atoms with van der Waals surface area (Å²) in [6, 6.07) is -0.363. The second-order valence-electron chi connectivity index (χ2n) is 5.07. The first-order valence-electron chi connectivity index (χ1n) is 7.24. The second kappa shape index (κ2) is 9.34. The van der Waals surface area contributed by atoms with Gasteiger partial charge in [-0.05, 0) is 38.9 Å². The number of carbonyl (C=O) groups excluding carboxylic acids is 1. The predicted octanol–water partition coefficient (Wildman–Crippen LogP) is 1.55. The number of carbonyl (C=O) groups is 1. The summed E-state index contributed by atoms with van der Waals surface area (Å²) in [5, 5.41) is 0. The van der Waals surface area contributed by atoms with Crippen molar-refractivity contribution in [3.8, 4) is 0 Å². The van der Waals surface area contributed by atoms with Gasteiger partial charge in [0.1, 0.15) is 0 Å². The van der Waals surface area contributed by atoms with Crippen molar-refractivity contribution < 1.29 is 4.79 Å². The average Bonchev–Trinajstić information content (AvgIpc) is 2.37. The minimum absolute atomic E-state index is 0.0899. The van der Waals surface area contributed by atoms with Crippen molar-refractivity contribution in [3.05, 3.63) is 0 Å². The summed E-state index contributed by atoms with van der Waals surface area (Å²) >= 11 is 0. The Kier molecular flexibility index (Phi) is 9.02. The molecule has 0 rings (SSSR count). The van der Waals surface area contributed by atoms with Crippen LogP contribution >= 0.6 is 0 Å². The fraction of sp³-hybridized carbons (Fsp3) is 0.929. The van der Waals surface area contributed by atoms with Crippen LogP contribution in [0, 0.1) is 5.92 Å². The molecule has 2 N–H and O–H groups in total. The molecule has 0 radical (unpaired) electrons. The van der Waals surface area contributed by atoms with E-state index in [1.807, 2.05) is 25.7 Å². The van der Waals surface area contributed by atoms with Gasteiger partial charge in [-0.15, -0.1) is 0 Å². The van der Waals surface area contributed by atoms with Crippen molar-refractivity contribution in [1.29, 1.82) is 0 Å². The quantitative estimate of drug-likeness (QED) is 0.682. The second-order valence-corrected chi connectivity index (χ2v) is 5.07. The number of hydrogen-bond acceptors (Lipinski definition) is 3. The van der Waals surface area contributed by atoms with Crippen molar-refractivity contribution in [2.24, 2.45) is 11.7 Å². The van der Waals surface area contributed by atoms with E-state index in [0.29, 0.717) is 0 Å². The molecule has 0 aromatic rings. The maximum absolute atomic E-state index is 12.1. The molecule has 0 aliphatic heterocycles. The number of nitrogens with zero attached hydrogens (tertiary/aromatic N) is 2. The first-order valence-corrected chi connectivity index (χ1v) is 7.24. The molecule has 4 nitrogen and oxygen atoms in total. The van der Waals surface area contributed by atoms with E-state index < -0.39 is 0 Å². The van der Waals surface area contributed by atoms with Crippen molar-refractivity contribution >= 4 is 5.91 Å². The smallest absolute Gasteiger partial charge is 0.239 e. The standard InChI is InChI=1S/C14H31N3O/c1-6-16(7-2)10-9-11-17(8-3)14(18)13(15)12(4)5/h12-13H,6-11,15H2,1-5H3. The van der Waals surface area contributed by atoms with Crippen molar-refractivity contribution in [2.45, 2.75) is 47.1 Å². The van der Waals surface area contributed by atoms with Crippen LogP contribution in [0.4, 0.5) is 0 Å². The molecule has 0 heterocycles. The molecular formula is C14H31N3O. The maximum Gasteiger partial charge on any atom is 0.239 e. The summed E-state index contributed by atoms with van der Waals surface area (Å²) < 4.78 is 0. The van der Waals surface area contributed by atoms with Crippen LogP contribution in [0.15, 0.2) is 0 Å². The first kappa shape index (κ1) is 17.4. The summed E-state index contributed by atoms with van der Waals surface area (Å²) in [6.07, 6.45) is 1.02. The summed E-state index contributed by atoms with van der Waals surface area (Å²) in [4.78, 5) is 16.4. The SMILES string of the molecule is CCN(CC)CCCN(CC)C(=O)C(N)C(C)C. The number of rotatable bonds is 9. The third-order valence-corrected chi connectivity index (χ3v) is 3.49. The largest absolute Gasteiger partial charge is 0.342 e. The van der Waals surface area contributed by atoms with Gasteiger partial charge in [0.25, 0.3) is 0 Å². The van der Waals surface area contributed by atoms with Gasteiger partial charge in [0.15, 0.2) is 0 Å². The first-order chi connectivity index (χ1) is 8.47. The van der Waals surface area contributed by atoms with E-state index in [4.69, 9.17) is 5.73 Å². The third kappa shape index (κ3) is 5.83. The molecule has 0 aliphatic carbocycles. The number of hydrogen-bond donors (Lipinski definition) is 1. The highest BCUT2D eigenvalue weighted by atomic mass is 16.2. The Morgan fingerprint density at radius 1 is 1.06 bits per heavy atom. The van der Waals surface area contributed by atoms with Crippen LogP contribution in [0.5, 0.6) is 0 Å². The zero-order chi connectivity index (χ0) is 14.1. The van der Waals surface area contributed by atoms with Gasteiger partial charge in [-0.25, -0.2) is 0 Å². The van der Waals surface area contributed by atoms with Gasteiger partial charge in [-0.3, -0.25) is 4.79 Å². The van der Waals surface area contributed by atoms with Gasteiger partial charge in [0.2, 0.25) is 5.91 Å². The van der Waals surface area contributed by atoms with Gasteiger partial charge >= 0.3 is 0 Å². The molecule has 0 saturated carbocycles. The van der Waals surface area contributed by atoms with Crippen LogP contribution in [-0.4, -0.2) is 54.5 Å². The van der Waals surface area contributed by atoms with E-state index in [1.165, 1.54) is 0 Å². The zero-order valence-electron chi connectivity index (χ0n) is 12.8. The van der Waals surface area contributed by atoms with E-state index >= 15 is 0 Å². The Labute approximate surface area is 113 Å². The molecule has 0 aliphatic rings. The highest BCUT2D eigenvalue weighted by molar-refractivity contribution is 5.81. The molecular weight excluding hydrogens is 226 g/mol. The fourth-order valence-electron chi connectivity index (χ4n) is 1.95. The van der Waals surface area contributed by atoms with Crippen molar-refractivity contribution in [2.75, 3.05) is 32.7 Å². The average molecular weight is 257 g/mol. The van der Waals surface area contributed by atoms with Gasteiger partial charge in [-0.2, -0.15) is 0 Å². The number of nitrogens with two attached hydrogens (primary N) is 1. The topological polar surface area (TPSA) is 49.6 Å². The van der Waals surface area contributed by atoms with Crippen LogP contribution in [0.3, 0.4) is 0 Å². The molecule has 1 atom stereocenters. The Bertz CT molecular complexity index is 227. The van der Waals surface area contributed by atoms with Gasteiger partial charge in [-0.1, -0.05) is 27.7 Å². The summed E-state index contributed by atoms with van der Waals surface area (Å²) in [6.45, 7) is 15.1. The van der Waals surface area contributed by atoms with Crippen molar-refractivity contribution in [1.82, 2.24) is 9.80 Å². The maximum atomic E-state index is 12.1. The van der Waals surface area contributed by atoms with Crippen LogP contribution in [-0.2, 0) is 4.79 Å². The Hall–Kier alpha value is -0.610. The van der Waals surface area contributed by atoms with Crippen LogP contribution in [0.2, 0.25) is 0 Å². The van der Waals surface area contributed by atoms with E-state index in [0.717, 1.165) is 39.1 Å². The molecule has 0 spiro atoms. The van der Waals surface area contributed by atoms with Gasteiger partial charge in [0, 0.05) is 13.1 Å². The normalized spacial score (nSPS) is 13.1. The molecule has 0 aromatic carbocycles. The predicted molar refractivity (Wildman–Crippen MR) is 77.5 cm³/mol. The van der Waals surface area contributed by atoms with Crippen molar-refractivity contribution in [3.63, 3.8) is 0 Å². The minimum atomic E-state index is -0.363. The summed E-state index contributed by atoms with van der Waals surface area (Å²) in [7, 11) is 0. The van der Waals surface area contributed by atoms with Gasteiger partial charge < -0.3 is 15.5 Å². The lowest BCUT2D eigenvalue weighted by molar-refractivity contribution is -0.133. The molecule has 0 aromatic heterocycles. The highest BCUT2D eigenvalue weighted by Crippen LogP contribution is 2.04. The monoisotopic (exact) mass is 257 g/mol. The number of amides is 1. The molecule has 0 saturated heterocycles. The van der Waals surface area contributed by atoms with E-state index in [2.05, 4.69) is 18.7 Å². The molecule has 1 amide bonds. The zero-order valence-corrected chi connectivity index (χ0v) is 12.8. The molecule has 18 heavy (non-hydrogen) atoms. The van der Waals surface area contributed by atoms with Crippen LogP contribution in [0.25, 0.3) is 0 Å². The van der Waals surface area contributed by atoms with Crippen LogP contribution in [0.1, 0.15) is 41.0 Å².